The van der Waals surface area contributed by atoms with Gasteiger partial charge in [0.2, 0.25) is 5.91 Å². The summed E-state index contributed by atoms with van der Waals surface area (Å²) in [4.78, 5) is 34.8. The van der Waals surface area contributed by atoms with Gasteiger partial charge in [0.1, 0.15) is 0 Å². The lowest BCUT2D eigenvalue weighted by Gasteiger charge is -2.24. The van der Waals surface area contributed by atoms with E-state index in [1.807, 2.05) is 6.92 Å². The first-order chi connectivity index (χ1) is 11.0. The molecule has 0 fully saturated rings. The van der Waals surface area contributed by atoms with Gasteiger partial charge < -0.3 is 9.90 Å². The molecule has 6 nitrogen and oxygen atoms in total. The largest absolute Gasteiger partial charge is 0.550 e. The molecule has 1 aromatic carbocycles. The quantitative estimate of drug-likeness (QED) is 0.699. The summed E-state index contributed by atoms with van der Waals surface area (Å²) < 4.78 is 0. The van der Waals surface area contributed by atoms with E-state index in [2.05, 4.69) is 10.9 Å². The number of carbonyl (C=O) groups excluding carboxylic acids is 3. The Hall–Kier alpha value is -2.37. The minimum Gasteiger partial charge on any atom is -0.550 e. The summed E-state index contributed by atoms with van der Waals surface area (Å²) in [5, 5.41) is 11.2. The molecule has 0 aromatic heterocycles. The molecular formula is C17H23N2O4-. The van der Waals surface area contributed by atoms with E-state index in [-0.39, 0.29) is 12.3 Å². The van der Waals surface area contributed by atoms with Gasteiger partial charge in [-0.1, -0.05) is 44.9 Å². The van der Waals surface area contributed by atoms with E-state index in [9.17, 15) is 19.5 Å². The molecule has 0 spiro atoms. The summed E-state index contributed by atoms with van der Waals surface area (Å²) in [6.07, 6.45) is 2.16. The predicted molar refractivity (Wildman–Crippen MR) is 83.9 cm³/mol. The van der Waals surface area contributed by atoms with Gasteiger partial charge >= 0.3 is 0 Å². The topological polar surface area (TPSA) is 98.3 Å². The Morgan fingerprint density at radius 2 is 1.78 bits per heavy atom. The van der Waals surface area contributed by atoms with Crippen LogP contribution in [0.2, 0.25) is 0 Å². The second kappa shape index (κ2) is 9.61. The molecule has 1 aromatic rings. The Balaban J connectivity index is 2.45. The number of aliphatic carboxylic acids is 1. The minimum atomic E-state index is -1.13. The molecule has 0 heterocycles. The lowest BCUT2D eigenvalue weighted by Crippen LogP contribution is -2.43. The highest BCUT2D eigenvalue weighted by molar-refractivity contribution is 5.95. The van der Waals surface area contributed by atoms with Crippen LogP contribution in [0.15, 0.2) is 30.3 Å². The molecule has 0 radical (unpaired) electrons. The van der Waals surface area contributed by atoms with Crippen LogP contribution in [-0.4, -0.2) is 17.8 Å². The van der Waals surface area contributed by atoms with Crippen molar-refractivity contribution in [2.45, 2.75) is 39.5 Å². The van der Waals surface area contributed by atoms with Crippen molar-refractivity contribution in [2.24, 2.45) is 11.8 Å². The fourth-order valence-electron chi connectivity index (χ4n) is 2.33. The molecule has 23 heavy (non-hydrogen) atoms. The standard InChI is InChI=1S/C17H24N2O4/c1-3-4-10-14(17(22)23)12(2)11-15(20)18-19-16(21)13-8-6-5-7-9-13/h5-9,12,14H,3-4,10-11H2,1-2H3,(H,18,20)(H,19,21)(H,22,23)/p-1/t12-,14+/m1/s1. The van der Waals surface area contributed by atoms with Crippen molar-refractivity contribution >= 4 is 17.8 Å². The molecule has 0 aliphatic heterocycles. The third-order valence-corrected chi connectivity index (χ3v) is 3.72. The van der Waals surface area contributed by atoms with Gasteiger partial charge in [-0.05, 0) is 24.5 Å². The van der Waals surface area contributed by atoms with Gasteiger partial charge in [0.25, 0.3) is 5.91 Å². The zero-order valence-electron chi connectivity index (χ0n) is 13.5. The van der Waals surface area contributed by atoms with Gasteiger partial charge in [-0.25, -0.2) is 0 Å². The Kier molecular flexibility index (Phi) is 7.80. The summed E-state index contributed by atoms with van der Waals surface area (Å²) in [6.45, 7) is 3.68. The monoisotopic (exact) mass is 319 g/mol. The molecule has 0 unspecified atom stereocenters. The normalized spacial score (nSPS) is 13.0. The number of hydrogen-bond acceptors (Lipinski definition) is 4. The number of benzene rings is 1. The van der Waals surface area contributed by atoms with Gasteiger partial charge in [0.05, 0.1) is 0 Å². The van der Waals surface area contributed by atoms with Gasteiger partial charge in [0, 0.05) is 23.9 Å². The smallest absolute Gasteiger partial charge is 0.269 e. The summed E-state index contributed by atoms with van der Waals surface area (Å²) in [5.74, 6) is -3.00. The SMILES string of the molecule is CCCC[C@H](C(=O)[O-])[C@H](C)CC(=O)NNC(=O)c1ccccc1. The van der Waals surface area contributed by atoms with E-state index in [0.717, 1.165) is 12.8 Å². The Morgan fingerprint density at radius 3 is 2.35 bits per heavy atom. The highest BCUT2D eigenvalue weighted by Crippen LogP contribution is 2.21. The highest BCUT2D eigenvalue weighted by Gasteiger charge is 2.21. The van der Waals surface area contributed by atoms with Crippen LogP contribution in [0.3, 0.4) is 0 Å². The lowest BCUT2D eigenvalue weighted by atomic mass is 9.87. The summed E-state index contributed by atoms with van der Waals surface area (Å²) in [5.41, 5.74) is 5.05. The molecule has 126 valence electrons. The molecule has 2 amide bonds. The zero-order valence-corrected chi connectivity index (χ0v) is 13.5. The number of unbranched alkanes of at least 4 members (excludes halogenated alkanes) is 1. The van der Waals surface area contributed by atoms with Crippen molar-refractivity contribution in [2.75, 3.05) is 0 Å². The fourth-order valence-corrected chi connectivity index (χ4v) is 2.33. The van der Waals surface area contributed by atoms with Crippen molar-refractivity contribution in [1.82, 2.24) is 10.9 Å². The van der Waals surface area contributed by atoms with Crippen molar-refractivity contribution < 1.29 is 19.5 Å². The Labute approximate surface area is 136 Å². The first kappa shape index (κ1) is 18.7. The molecule has 1 rings (SSSR count). The number of amides is 2. The third kappa shape index (κ3) is 6.50. The molecule has 0 aliphatic rings. The van der Waals surface area contributed by atoms with Gasteiger partial charge in [-0.15, -0.1) is 0 Å². The van der Waals surface area contributed by atoms with Crippen LogP contribution in [0.5, 0.6) is 0 Å². The van der Waals surface area contributed by atoms with Crippen molar-refractivity contribution in [3.63, 3.8) is 0 Å². The maximum absolute atomic E-state index is 11.9. The molecule has 0 aliphatic carbocycles. The lowest BCUT2D eigenvalue weighted by molar-refractivity contribution is -0.313. The van der Waals surface area contributed by atoms with E-state index in [0.29, 0.717) is 12.0 Å². The van der Waals surface area contributed by atoms with Gasteiger partial charge in [-0.2, -0.15) is 0 Å². The van der Waals surface area contributed by atoms with Gasteiger partial charge in [0.15, 0.2) is 0 Å². The molecule has 0 saturated heterocycles. The van der Waals surface area contributed by atoms with E-state index in [4.69, 9.17) is 0 Å². The average molecular weight is 319 g/mol. The molecular weight excluding hydrogens is 296 g/mol. The van der Waals surface area contributed by atoms with Crippen LogP contribution >= 0.6 is 0 Å². The van der Waals surface area contributed by atoms with Crippen molar-refractivity contribution in [3.8, 4) is 0 Å². The van der Waals surface area contributed by atoms with Crippen molar-refractivity contribution in [3.05, 3.63) is 35.9 Å². The fraction of sp³-hybridized carbons (Fsp3) is 0.471. The molecule has 2 atom stereocenters. The van der Waals surface area contributed by atoms with E-state index in [1.165, 1.54) is 0 Å². The third-order valence-electron chi connectivity index (χ3n) is 3.72. The number of carbonyl (C=O) groups is 3. The molecule has 0 bridgehead atoms. The highest BCUT2D eigenvalue weighted by atomic mass is 16.4. The van der Waals surface area contributed by atoms with Crippen LogP contribution in [-0.2, 0) is 9.59 Å². The maximum Gasteiger partial charge on any atom is 0.269 e. The number of rotatable bonds is 8. The van der Waals surface area contributed by atoms with Crippen LogP contribution < -0.4 is 16.0 Å². The van der Waals surface area contributed by atoms with E-state index < -0.39 is 23.7 Å². The summed E-state index contributed by atoms with van der Waals surface area (Å²) >= 11 is 0. The van der Waals surface area contributed by atoms with Gasteiger partial charge in [-0.3, -0.25) is 20.4 Å². The van der Waals surface area contributed by atoms with Crippen LogP contribution in [0.25, 0.3) is 0 Å². The maximum atomic E-state index is 11.9. The molecule has 0 saturated carbocycles. The first-order valence-corrected chi connectivity index (χ1v) is 7.80. The van der Waals surface area contributed by atoms with E-state index >= 15 is 0 Å². The summed E-state index contributed by atoms with van der Waals surface area (Å²) in [7, 11) is 0. The second-order valence-corrected chi connectivity index (χ2v) is 5.62. The van der Waals surface area contributed by atoms with Crippen LogP contribution in [0.4, 0.5) is 0 Å². The Morgan fingerprint density at radius 1 is 1.13 bits per heavy atom. The average Bonchev–Trinajstić information content (AvgIpc) is 2.53. The number of carboxylic acid groups (broad SMARTS) is 1. The number of nitrogens with one attached hydrogen (secondary N) is 2. The zero-order chi connectivity index (χ0) is 17.2. The summed E-state index contributed by atoms with van der Waals surface area (Å²) in [6, 6.07) is 8.48. The first-order valence-electron chi connectivity index (χ1n) is 7.80. The van der Waals surface area contributed by atoms with Crippen LogP contribution in [0, 0.1) is 11.8 Å². The van der Waals surface area contributed by atoms with Crippen molar-refractivity contribution in [1.29, 1.82) is 0 Å². The molecule has 2 N–H and O–H groups in total. The minimum absolute atomic E-state index is 0.0113. The Bertz CT molecular complexity index is 531. The second-order valence-electron chi connectivity index (χ2n) is 5.62. The van der Waals surface area contributed by atoms with Crippen LogP contribution in [0.1, 0.15) is 49.9 Å². The number of hydrogen-bond donors (Lipinski definition) is 2. The predicted octanol–water partition coefficient (Wildman–Crippen LogP) is 1.03. The number of carboxylic acids is 1. The number of hydrazine groups is 1. The molecule has 6 heteroatoms. The van der Waals surface area contributed by atoms with E-state index in [1.54, 1.807) is 37.3 Å².